The highest BCUT2D eigenvalue weighted by molar-refractivity contribution is 5.95. The third kappa shape index (κ3) is 1.57. The molecule has 1 aromatic carbocycles. The standard InChI is InChI=1S/C10H11N3O2/c1-15-10(14)6-2-3-8-7(4-6)9(5-11)13-12-8/h2-4H,5,11H2,1H3,(H,12,13). The van der Waals surface area contributed by atoms with Crippen LogP contribution < -0.4 is 5.73 Å². The number of nitrogens with two attached hydrogens (primary N) is 1. The number of methoxy groups -OCH3 is 1. The van der Waals surface area contributed by atoms with Crippen LogP contribution in [0.3, 0.4) is 0 Å². The summed E-state index contributed by atoms with van der Waals surface area (Å²) in [6.45, 7) is 0.362. The van der Waals surface area contributed by atoms with Crippen LogP contribution in [0.15, 0.2) is 18.2 Å². The molecule has 0 amide bonds. The predicted octanol–water partition coefficient (Wildman–Crippen LogP) is 0.808. The molecule has 0 saturated carbocycles. The summed E-state index contributed by atoms with van der Waals surface area (Å²) in [7, 11) is 1.35. The maximum atomic E-state index is 11.3. The van der Waals surface area contributed by atoms with Crippen LogP contribution in [0, 0.1) is 0 Å². The molecule has 0 fully saturated rings. The molecular formula is C10H11N3O2. The Morgan fingerprint density at radius 3 is 3.07 bits per heavy atom. The number of H-pyrrole nitrogens is 1. The first-order valence-corrected chi connectivity index (χ1v) is 4.51. The summed E-state index contributed by atoms with van der Waals surface area (Å²) < 4.78 is 4.63. The maximum absolute atomic E-state index is 11.3. The number of aromatic amines is 1. The van der Waals surface area contributed by atoms with Crippen molar-refractivity contribution < 1.29 is 9.53 Å². The van der Waals surface area contributed by atoms with Gasteiger partial charge in [0.2, 0.25) is 0 Å². The predicted molar refractivity (Wildman–Crippen MR) is 55.3 cm³/mol. The number of carbonyl (C=O) groups is 1. The summed E-state index contributed by atoms with van der Waals surface area (Å²) in [6, 6.07) is 5.17. The van der Waals surface area contributed by atoms with E-state index < -0.39 is 0 Å². The SMILES string of the molecule is COC(=O)c1ccc2n[nH]c(CN)c2c1. The fraction of sp³-hybridized carbons (Fsp3) is 0.200. The third-order valence-corrected chi connectivity index (χ3v) is 2.26. The van der Waals surface area contributed by atoms with Crippen LogP contribution in [-0.2, 0) is 11.3 Å². The molecule has 78 valence electrons. The lowest BCUT2D eigenvalue weighted by atomic mass is 10.1. The molecule has 0 unspecified atom stereocenters. The Labute approximate surface area is 86.2 Å². The summed E-state index contributed by atoms with van der Waals surface area (Å²) in [5, 5.41) is 7.74. The van der Waals surface area contributed by atoms with E-state index in [0.717, 1.165) is 16.6 Å². The Kier molecular flexibility index (Phi) is 2.39. The van der Waals surface area contributed by atoms with Crippen LogP contribution in [-0.4, -0.2) is 23.3 Å². The molecule has 0 aliphatic rings. The van der Waals surface area contributed by atoms with Crippen LogP contribution in [0.2, 0.25) is 0 Å². The molecule has 0 saturated heterocycles. The molecule has 2 aromatic rings. The molecule has 0 spiro atoms. The van der Waals surface area contributed by atoms with Gasteiger partial charge in [0, 0.05) is 11.9 Å². The number of nitrogens with zero attached hydrogens (tertiary/aromatic N) is 1. The second kappa shape index (κ2) is 3.70. The van der Waals surface area contributed by atoms with E-state index in [1.165, 1.54) is 7.11 Å². The number of aromatic nitrogens is 2. The van der Waals surface area contributed by atoms with Crippen LogP contribution in [0.4, 0.5) is 0 Å². The molecule has 5 heteroatoms. The minimum atomic E-state index is -0.360. The highest BCUT2D eigenvalue weighted by Gasteiger charge is 2.09. The van der Waals surface area contributed by atoms with Crippen LogP contribution >= 0.6 is 0 Å². The molecule has 0 radical (unpaired) electrons. The molecule has 1 aromatic heterocycles. The molecule has 3 N–H and O–H groups in total. The summed E-state index contributed by atoms with van der Waals surface area (Å²) in [6.07, 6.45) is 0. The molecular weight excluding hydrogens is 194 g/mol. The quantitative estimate of drug-likeness (QED) is 0.711. The van der Waals surface area contributed by atoms with Gasteiger partial charge in [0.25, 0.3) is 0 Å². The minimum absolute atomic E-state index is 0.360. The number of fused-ring (bicyclic) bond motifs is 1. The highest BCUT2D eigenvalue weighted by atomic mass is 16.5. The number of esters is 1. The van der Waals surface area contributed by atoms with E-state index >= 15 is 0 Å². The van der Waals surface area contributed by atoms with Gasteiger partial charge in [-0.2, -0.15) is 5.10 Å². The average Bonchev–Trinajstić information content (AvgIpc) is 2.69. The second-order valence-electron chi connectivity index (χ2n) is 3.13. The van der Waals surface area contributed by atoms with Crippen LogP contribution in [0.25, 0.3) is 10.9 Å². The lowest BCUT2D eigenvalue weighted by molar-refractivity contribution is 0.0601. The van der Waals surface area contributed by atoms with Gasteiger partial charge in [0.15, 0.2) is 0 Å². The molecule has 0 aliphatic carbocycles. The van der Waals surface area contributed by atoms with Crippen LogP contribution in [0.1, 0.15) is 16.1 Å². The number of hydrogen-bond donors (Lipinski definition) is 2. The first-order chi connectivity index (χ1) is 7.26. The normalized spacial score (nSPS) is 10.5. The Bertz CT molecular complexity index is 504. The molecule has 0 bridgehead atoms. The topological polar surface area (TPSA) is 81.0 Å². The van der Waals surface area contributed by atoms with E-state index in [1.807, 2.05) is 0 Å². The van der Waals surface area contributed by atoms with Gasteiger partial charge in [0.05, 0.1) is 23.9 Å². The number of hydrogen-bond acceptors (Lipinski definition) is 4. The summed E-state index contributed by atoms with van der Waals surface area (Å²) in [5.74, 6) is -0.360. The van der Waals surface area contributed by atoms with Gasteiger partial charge in [-0.3, -0.25) is 5.10 Å². The molecule has 2 rings (SSSR count). The number of ether oxygens (including phenoxy) is 1. The average molecular weight is 205 g/mol. The van der Waals surface area contributed by atoms with Gasteiger partial charge >= 0.3 is 5.97 Å². The summed E-state index contributed by atoms with van der Waals surface area (Å²) >= 11 is 0. The monoisotopic (exact) mass is 205 g/mol. The molecule has 1 heterocycles. The van der Waals surface area contributed by atoms with E-state index in [0.29, 0.717) is 12.1 Å². The minimum Gasteiger partial charge on any atom is -0.465 e. The Hall–Kier alpha value is -1.88. The number of rotatable bonds is 2. The summed E-state index contributed by atoms with van der Waals surface area (Å²) in [4.78, 5) is 11.3. The van der Waals surface area contributed by atoms with Gasteiger partial charge in [-0.15, -0.1) is 0 Å². The van der Waals surface area contributed by atoms with Crippen molar-refractivity contribution in [3.8, 4) is 0 Å². The van der Waals surface area contributed by atoms with Gasteiger partial charge in [-0.05, 0) is 18.2 Å². The highest BCUT2D eigenvalue weighted by Crippen LogP contribution is 2.17. The van der Waals surface area contributed by atoms with Crippen molar-refractivity contribution in [1.82, 2.24) is 10.2 Å². The number of benzene rings is 1. The van der Waals surface area contributed by atoms with E-state index in [9.17, 15) is 4.79 Å². The van der Waals surface area contributed by atoms with Gasteiger partial charge < -0.3 is 10.5 Å². The first-order valence-electron chi connectivity index (χ1n) is 4.51. The third-order valence-electron chi connectivity index (χ3n) is 2.26. The smallest absolute Gasteiger partial charge is 0.337 e. The zero-order valence-corrected chi connectivity index (χ0v) is 8.28. The number of carbonyl (C=O) groups excluding carboxylic acids is 1. The van der Waals surface area contributed by atoms with Crippen molar-refractivity contribution >= 4 is 16.9 Å². The molecule has 0 aliphatic heterocycles. The van der Waals surface area contributed by atoms with Crippen LogP contribution in [0.5, 0.6) is 0 Å². The van der Waals surface area contributed by atoms with Gasteiger partial charge in [-0.1, -0.05) is 0 Å². The Morgan fingerprint density at radius 2 is 2.40 bits per heavy atom. The van der Waals surface area contributed by atoms with Gasteiger partial charge in [-0.25, -0.2) is 4.79 Å². The van der Waals surface area contributed by atoms with E-state index in [2.05, 4.69) is 14.9 Å². The largest absolute Gasteiger partial charge is 0.465 e. The van der Waals surface area contributed by atoms with Crippen molar-refractivity contribution in [2.75, 3.05) is 7.11 Å². The van der Waals surface area contributed by atoms with Gasteiger partial charge in [0.1, 0.15) is 0 Å². The van der Waals surface area contributed by atoms with Crippen molar-refractivity contribution in [2.24, 2.45) is 5.73 Å². The zero-order valence-electron chi connectivity index (χ0n) is 8.28. The first kappa shape index (κ1) is 9.67. The molecule has 5 nitrogen and oxygen atoms in total. The Balaban J connectivity index is 2.57. The zero-order chi connectivity index (χ0) is 10.8. The lowest BCUT2D eigenvalue weighted by Crippen LogP contribution is -2.01. The van der Waals surface area contributed by atoms with Crippen molar-refractivity contribution in [2.45, 2.75) is 6.54 Å². The van der Waals surface area contributed by atoms with E-state index in [4.69, 9.17) is 5.73 Å². The second-order valence-corrected chi connectivity index (χ2v) is 3.13. The van der Waals surface area contributed by atoms with E-state index in [1.54, 1.807) is 18.2 Å². The van der Waals surface area contributed by atoms with Crippen molar-refractivity contribution in [1.29, 1.82) is 0 Å². The molecule has 15 heavy (non-hydrogen) atoms. The maximum Gasteiger partial charge on any atom is 0.337 e. The van der Waals surface area contributed by atoms with Crippen molar-refractivity contribution in [3.05, 3.63) is 29.5 Å². The number of nitrogens with one attached hydrogen (secondary N) is 1. The molecule has 0 atom stereocenters. The summed E-state index contributed by atoms with van der Waals surface area (Å²) in [5.41, 5.74) is 7.64. The fourth-order valence-corrected chi connectivity index (χ4v) is 1.46. The fourth-order valence-electron chi connectivity index (χ4n) is 1.46. The Morgan fingerprint density at radius 1 is 1.60 bits per heavy atom. The lowest BCUT2D eigenvalue weighted by Gasteiger charge is -1.99. The van der Waals surface area contributed by atoms with Crippen molar-refractivity contribution in [3.63, 3.8) is 0 Å². The van der Waals surface area contributed by atoms with E-state index in [-0.39, 0.29) is 5.97 Å².